The molecule has 0 aliphatic carbocycles. The molecule has 10 nitrogen and oxygen atoms in total. The van der Waals surface area contributed by atoms with Crippen molar-refractivity contribution in [2.45, 2.75) is 85.9 Å². The van der Waals surface area contributed by atoms with Gasteiger partial charge in [-0.1, -0.05) is 38.5 Å². The molecule has 0 spiro atoms. The SMILES string of the molecule is C/C=C\C(=C/C(=N)CNS(C)(=O)=O)C(=O)N[C@H](C)C[C@@H](CCC)NCc1nc(Nc2ccc(C)c(C)c2)ncc1CC. The van der Waals surface area contributed by atoms with Gasteiger partial charge in [-0.05, 0) is 81.9 Å². The van der Waals surface area contributed by atoms with Gasteiger partial charge in [0.1, 0.15) is 0 Å². The number of nitrogens with zero attached hydrogens (tertiary/aromatic N) is 2. The van der Waals surface area contributed by atoms with E-state index in [0.29, 0.717) is 24.5 Å². The van der Waals surface area contributed by atoms with Crippen LogP contribution in [0.25, 0.3) is 0 Å². The van der Waals surface area contributed by atoms with Gasteiger partial charge in [-0.15, -0.1) is 0 Å². The summed E-state index contributed by atoms with van der Waals surface area (Å²) in [6, 6.07) is 6.19. The molecule has 230 valence electrons. The van der Waals surface area contributed by atoms with Gasteiger partial charge in [0.05, 0.1) is 18.5 Å². The second-order valence-electron chi connectivity index (χ2n) is 10.6. The Morgan fingerprint density at radius 3 is 2.52 bits per heavy atom. The number of carbonyl (C=O) groups excluding carboxylic acids is 1. The number of aromatic nitrogens is 2. The molecule has 0 radical (unpaired) electrons. The molecule has 1 aromatic heterocycles. The molecule has 0 fully saturated rings. The van der Waals surface area contributed by atoms with Crippen molar-refractivity contribution in [1.82, 2.24) is 25.3 Å². The van der Waals surface area contributed by atoms with Gasteiger partial charge in [-0.25, -0.2) is 23.1 Å². The third kappa shape index (κ3) is 12.2. The van der Waals surface area contributed by atoms with Crippen molar-refractivity contribution in [2.24, 2.45) is 0 Å². The van der Waals surface area contributed by atoms with Crippen LogP contribution in [0.4, 0.5) is 11.6 Å². The van der Waals surface area contributed by atoms with Crippen molar-refractivity contribution in [3.05, 3.63) is 70.6 Å². The van der Waals surface area contributed by atoms with Gasteiger partial charge in [-0.3, -0.25) is 4.79 Å². The predicted octanol–water partition coefficient (Wildman–Crippen LogP) is 4.62. The third-order valence-corrected chi connectivity index (χ3v) is 7.44. The Balaban J connectivity index is 2.07. The molecule has 0 saturated carbocycles. The zero-order valence-electron chi connectivity index (χ0n) is 26.0. The second-order valence-corrected chi connectivity index (χ2v) is 12.5. The van der Waals surface area contributed by atoms with Gasteiger partial charge >= 0.3 is 0 Å². The van der Waals surface area contributed by atoms with Crippen LogP contribution >= 0.6 is 0 Å². The summed E-state index contributed by atoms with van der Waals surface area (Å²) in [6.07, 6.45) is 11.1. The molecule has 2 aromatic rings. The largest absolute Gasteiger partial charge is 0.350 e. The zero-order valence-corrected chi connectivity index (χ0v) is 26.8. The van der Waals surface area contributed by atoms with E-state index in [2.05, 4.69) is 65.5 Å². The minimum atomic E-state index is -3.43. The molecule has 1 amide bonds. The fraction of sp³-hybridized carbons (Fsp3) is 0.484. The number of carbonyl (C=O) groups is 1. The van der Waals surface area contributed by atoms with Crippen LogP contribution in [-0.4, -0.2) is 54.9 Å². The van der Waals surface area contributed by atoms with Crippen LogP contribution in [0.15, 0.2) is 48.2 Å². The average Bonchev–Trinajstić information content (AvgIpc) is 2.92. The molecule has 0 aliphatic heterocycles. The Morgan fingerprint density at radius 1 is 1.17 bits per heavy atom. The topological polar surface area (TPSA) is 149 Å². The molecular weight excluding hydrogens is 550 g/mol. The highest BCUT2D eigenvalue weighted by molar-refractivity contribution is 7.88. The van der Waals surface area contributed by atoms with Crippen molar-refractivity contribution < 1.29 is 13.2 Å². The first kappa shape index (κ1) is 34.8. The van der Waals surface area contributed by atoms with Crippen LogP contribution in [-0.2, 0) is 27.8 Å². The van der Waals surface area contributed by atoms with E-state index >= 15 is 0 Å². The van der Waals surface area contributed by atoms with E-state index in [1.807, 2.05) is 19.2 Å². The van der Waals surface area contributed by atoms with E-state index in [4.69, 9.17) is 10.4 Å². The van der Waals surface area contributed by atoms with Gasteiger partial charge in [0, 0.05) is 41.8 Å². The first-order valence-corrected chi connectivity index (χ1v) is 16.3. The average molecular weight is 598 g/mol. The summed E-state index contributed by atoms with van der Waals surface area (Å²) < 4.78 is 24.9. The molecule has 5 N–H and O–H groups in total. The minimum Gasteiger partial charge on any atom is -0.350 e. The van der Waals surface area contributed by atoms with E-state index in [-0.39, 0.29) is 30.2 Å². The minimum absolute atomic E-state index is 0.00944. The summed E-state index contributed by atoms with van der Waals surface area (Å²) in [5, 5.41) is 18.0. The van der Waals surface area contributed by atoms with Crippen LogP contribution in [0.1, 0.15) is 69.3 Å². The maximum Gasteiger partial charge on any atom is 0.251 e. The first-order chi connectivity index (χ1) is 19.8. The highest BCUT2D eigenvalue weighted by Crippen LogP contribution is 2.19. The fourth-order valence-electron chi connectivity index (χ4n) is 4.40. The molecule has 0 unspecified atom stereocenters. The molecule has 0 bridgehead atoms. The smallest absolute Gasteiger partial charge is 0.251 e. The van der Waals surface area contributed by atoms with Crippen LogP contribution < -0.4 is 20.7 Å². The van der Waals surface area contributed by atoms with Crippen LogP contribution in [0.2, 0.25) is 0 Å². The highest BCUT2D eigenvalue weighted by atomic mass is 32.2. The van der Waals surface area contributed by atoms with E-state index < -0.39 is 10.0 Å². The lowest BCUT2D eigenvalue weighted by Crippen LogP contribution is -2.40. The number of sulfonamides is 1. The number of hydrogen-bond acceptors (Lipinski definition) is 8. The van der Waals surface area contributed by atoms with Gasteiger partial charge in [0.25, 0.3) is 5.91 Å². The lowest BCUT2D eigenvalue weighted by molar-refractivity contribution is -0.117. The Labute approximate surface area is 251 Å². The van der Waals surface area contributed by atoms with Gasteiger partial charge in [-0.2, -0.15) is 0 Å². The van der Waals surface area contributed by atoms with Crippen molar-refractivity contribution in [1.29, 1.82) is 5.41 Å². The summed E-state index contributed by atoms with van der Waals surface area (Å²) in [5.74, 6) is 0.242. The summed E-state index contributed by atoms with van der Waals surface area (Å²) in [5.41, 5.74) is 5.69. The monoisotopic (exact) mass is 597 g/mol. The molecule has 1 aromatic carbocycles. The van der Waals surface area contributed by atoms with E-state index in [1.54, 1.807) is 19.1 Å². The van der Waals surface area contributed by atoms with E-state index in [1.165, 1.54) is 17.2 Å². The number of benzene rings is 1. The number of hydrogen-bond donors (Lipinski definition) is 5. The van der Waals surface area contributed by atoms with Crippen molar-refractivity contribution >= 4 is 33.3 Å². The van der Waals surface area contributed by atoms with Gasteiger partial charge in [0.15, 0.2) is 0 Å². The molecule has 42 heavy (non-hydrogen) atoms. The Kier molecular flexibility index (Phi) is 14.0. The highest BCUT2D eigenvalue weighted by Gasteiger charge is 2.17. The number of allylic oxidation sites excluding steroid dienone is 1. The second kappa shape index (κ2) is 16.9. The molecule has 11 heteroatoms. The van der Waals surface area contributed by atoms with E-state index in [9.17, 15) is 13.2 Å². The van der Waals surface area contributed by atoms with Crippen LogP contribution in [0.5, 0.6) is 0 Å². The van der Waals surface area contributed by atoms with Gasteiger partial charge in [0.2, 0.25) is 16.0 Å². The summed E-state index contributed by atoms with van der Waals surface area (Å²) in [6.45, 7) is 12.5. The van der Waals surface area contributed by atoms with E-state index in [0.717, 1.165) is 42.5 Å². The number of nitrogens with one attached hydrogen (secondary N) is 5. The number of anilines is 2. The quantitative estimate of drug-likeness (QED) is 0.101. The van der Waals surface area contributed by atoms with Crippen molar-refractivity contribution in [3.8, 4) is 0 Å². The molecule has 2 rings (SSSR count). The van der Waals surface area contributed by atoms with Crippen LogP contribution in [0.3, 0.4) is 0 Å². The molecule has 0 saturated heterocycles. The Bertz CT molecular complexity index is 1390. The van der Waals surface area contributed by atoms with Crippen molar-refractivity contribution in [3.63, 3.8) is 0 Å². The maximum atomic E-state index is 13.0. The molecule has 2 atom stereocenters. The molecule has 1 heterocycles. The summed E-state index contributed by atoms with van der Waals surface area (Å²) >= 11 is 0. The summed E-state index contributed by atoms with van der Waals surface area (Å²) in [7, 11) is -3.43. The lowest BCUT2D eigenvalue weighted by atomic mass is 10.0. The summed E-state index contributed by atoms with van der Waals surface area (Å²) in [4.78, 5) is 22.3. The fourth-order valence-corrected chi connectivity index (χ4v) is 4.82. The number of aryl methyl sites for hydroxylation is 3. The van der Waals surface area contributed by atoms with Crippen molar-refractivity contribution in [2.75, 3.05) is 18.1 Å². The number of rotatable bonds is 17. The standard InChI is InChI=1S/C31H47N7O3S/c1-8-11-25(17-26(32)19-35-42(7,40)41)30(39)36-23(6)16-27(12-9-2)33-20-29-24(10-3)18-34-31(38-29)37-28-14-13-21(4)22(5)15-28/h8,11,13-15,17-18,23,27,32-33,35H,9-10,12,16,19-20H2,1-7H3,(H,36,39)(H,34,37,38)/b11-8-,25-17+,32-26?/t23-,27-/m1/s1. The lowest BCUT2D eigenvalue weighted by Gasteiger charge is -2.23. The number of amides is 1. The maximum absolute atomic E-state index is 13.0. The molecule has 0 aliphatic rings. The zero-order chi connectivity index (χ0) is 31.3. The molecular formula is C31H47N7O3S. The van der Waals surface area contributed by atoms with Crippen LogP contribution in [0, 0.1) is 19.3 Å². The predicted molar refractivity (Wildman–Crippen MR) is 172 cm³/mol. The third-order valence-electron chi connectivity index (χ3n) is 6.77. The van der Waals surface area contributed by atoms with Gasteiger partial charge < -0.3 is 21.4 Å². The first-order valence-electron chi connectivity index (χ1n) is 14.4. The normalized spacial score (nSPS) is 13.6. The Hall–Kier alpha value is -3.41. The Morgan fingerprint density at radius 2 is 1.90 bits per heavy atom.